The summed E-state index contributed by atoms with van der Waals surface area (Å²) in [6.45, 7) is 5.26. The number of rotatable bonds is 9. The number of esters is 1. The molecule has 1 unspecified atom stereocenters. The van der Waals surface area contributed by atoms with Crippen LogP contribution < -0.4 is 15.4 Å². The molecule has 206 valence electrons. The van der Waals surface area contributed by atoms with Gasteiger partial charge in [-0.25, -0.2) is 22.9 Å². The standard InChI is InChI=1S/C27H29BrN4O6S/c1-27(2,3)32-39(36,37)22-8-6-5-7-20(22)17-9-11-18(12-10-17)25(34)30-21(26(35)38-4)15-24(33)31-23-14-13-19(28)16-29-23/h5-14,16,21,32H,15H2,1-4H3,(H,30,34)(H,29,31,33). The van der Waals surface area contributed by atoms with Gasteiger partial charge in [0.05, 0.1) is 18.4 Å². The summed E-state index contributed by atoms with van der Waals surface area (Å²) in [5, 5.41) is 5.09. The largest absolute Gasteiger partial charge is 0.467 e. The van der Waals surface area contributed by atoms with Crippen LogP contribution in [-0.2, 0) is 24.3 Å². The number of aromatic nitrogens is 1. The van der Waals surface area contributed by atoms with E-state index < -0.39 is 39.4 Å². The summed E-state index contributed by atoms with van der Waals surface area (Å²) in [6.07, 6.45) is 1.13. The van der Waals surface area contributed by atoms with Gasteiger partial charge in [0, 0.05) is 27.3 Å². The smallest absolute Gasteiger partial charge is 0.328 e. The molecular weight excluding hydrogens is 588 g/mol. The van der Waals surface area contributed by atoms with Crippen molar-refractivity contribution in [2.75, 3.05) is 12.4 Å². The third kappa shape index (κ3) is 8.44. The molecule has 1 atom stereocenters. The molecule has 0 fully saturated rings. The molecule has 1 aromatic heterocycles. The minimum atomic E-state index is -3.81. The molecule has 0 saturated carbocycles. The van der Waals surface area contributed by atoms with Gasteiger partial charge in [-0.05, 0) is 72.6 Å². The zero-order valence-corrected chi connectivity index (χ0v) is 24.2. The highest BCUT2D eigenvalue weighted by atomic mass is 79.9. The molecule has 0 aliphatic carbocycles. The minimum absolute atomic E-state index is 0.106. The maximum absolute atomic E-state index is 13.0. The molecule has 0 radical (unpaired) electrons. The Morgan fingerprint density at radius 1 is 1.00 bits per heavy atom. The fraction of sp³-hybridized carbons (Fsp3) is 0.259. The molecule has 3 aromatic rings. The Labute approximate surface area is 235 Å². The van der Waals surface area contributed by atoms with E-state index in [1.165, 1.54) is 24.4 Å². The number of nitrogens with one attached hydrogen (secondary N) is 3. The fourth-order valence-electron chi connectivity index (χ4n) is 3.60. The van der Waals surface area contributed by atoms with E-state index >= 15 is 0 Å². The second kappa shape index (κ2) is 12.5. The van der Waals surface area contributed by atoms with Crippen LogP contribution in [0.15, 0.2) is 76.2 Å². The molecule has 0 spiro atoms. The number of halogens is 1. The van der Waals surface area contributed by atoms with Crippen LogP contribution in [0.2, 0.25) is 0 Å². The maximum atomic E-state index is 13.0. The highest BCUT2D eigenvalue weighted by molar-refractivity contribution is 9.10. The van der Waals surface area contributed by atoms with Crippen molar-refractivity contribution >= 4 is 49.6 Å². The average molecular weight is 618 g/mol. The van der Waals surface area contributed by atoms with E-state index in [0.717, 1.165) is 11.6 Å². The summed E-state index contributed by atoms with van der Waals surface area (Å²) in [7, 11) is -2.66. The quantitative estimate of drug-likeness (QED) is 0.309. The average Bonchev–Trinajstić information content (AvgIpc) is 2.88. The van der Waals surface area contributed by atoms with Gasteiger partial charge >= 0.3 is 5.97 Å². The Balaban J connectivity index is 1.76. The number of nitrogens with zero attached hydrogens (tertiary/aromatic N) is 1. The number of pyridine rings is 1. The highest BCUT2D eigenvalue weighted by Gasteiger charge is 2.27. The van der Waals surface area contributed by atoms with Crippen molar-refractivity contribution in [1.29, 1.82) is 0 Å². The molecule has 3 N–H and O–H groups in total. The number of hydrogen-bond donors (Lipinski definition) is 3. The Hall–Kier alpha value is -3.61. The van der Waals surface area contributed by atoms with Gasteiger partial charge in [0.15, 0.2) is 0 Å². The van der Waals surface area contributed by atoms with Crippen molar-refractivity contribution in [3.8, 4) is 11.1 Å². The monoisotopic (exact) mass is 616 g/mol. The molecule has 39 heavy (non-hydrogen) atoms. The lowest BCUT2D eigenvalue weighted by molar-refractivity contribution is -0.144. The Bertz CT molecular complexity index is 1450. The molecule has 1 heterocycles. The third-order valence-electron chi connectivity index (χ3n) is 5.25. The van der Waals surface area contributed by atoms with E-state index in [0.29, 0.717) is 11.1 Å². The van der Waals surface area contributed by atoms with Crippen molar-refractivity contribution in [1.82, 2.24) is 15.0 Å². The molecular formula is C27H29BrN4O6S. The number of benzene rings is 2. The zero-order valence-electron chi connectivity index (χ0n) is 21.8. The van der Waals surface area contributed by atoms with Gasteiger partial charge in [0.2, 0.25) is 15.9 Å². The van der Waals surface area contributed by atoms with Crippen LogP contribution >= 0.6 is 15.9 Å². The van der Waals surface area contributed by atoms with E-state index in [4.69, 9.17) is 4.74 Å². The molecule has 3 rings (SSSR count). The molecule has 12 heteroatoms. The highest BCUT2D eigenvalue weighted by Crippen LogP contribution is 2.28. The van der Waals surface area contributed by atoms with Crippen LogP contribution in [0.3, 0.4) is 0 Å². The minimum Gasteiger partial charge on any atom is -0.467 e. The maximum Gasteiger partial charge on any atom is 0.328 e. The topological polar surface area (TPSA) is 144 Å². The van der Waals surface area contributed by atoms with E-state index in [1.807, 2.05) is 0 Å². The Kier molecular flexibility index (Phi) is 9.59. The van der Waals surface area contributed by atoms with Crippen LogP contribution in [0.4, 0.5) is 5.82 Å². The lowest BCUT2D eigenvalue weighted by Gasteiger charge is -2.21. The third-order valence-corrected chi connectivity index (χ3v) is 7.54. The number of amides is 2. The second-order valence-corrected chi connectivity index (χ2v) is 12.2. The van der Waals surface area contributed by atoms with Gasteiger partial charge in [-0.3, -0.25) is 9.59 Å². The second-order valence-electron chi connectivity index (χ2n) is 9.59. The summed E-state index contributed by atoms with van der Waals surface area (Å²) in [5.41, 5.74) is 0.574. The summed E-state index contributed by atoms with van der Waals surface area (Å²) in [6, 6.07) is 14.8. The van der Waals surface area contributed by atoms with Gasteiger partial charge in [-0.2, -0.15) is 0 Å². The van der Waals surface area contributed by atoms with Crippen molar-refractivity contribution in [3.63, 3.8) is 0 Å². The summed E-state index contributed by atoms with van der Waals surface area (Å²) < 4.78 is 34.1. The number of carbonyl (C=O) groups is 3. The molecule has 0 aliphatic heterocycles. The van der Waals surface area contributed by atoms with Crippen molar-refractivity contribution in [2.45, 2.75) is 43.7 Å². The first-order chi connectivity index (χ1) is 18.3. The van der Waals surface area contributed by atoms with Gasteiger partial charge in [-0.15, -0.1) is 0 Å². The number of ether oxygens (including phenoxy) is 1. The summed E-state index contributed by atoms with van der Waals surface area (Å²) in [5.74, 6) is -1.66. The van der Waals surface area contributed by atoms with Crippen LogP contribution in [0.25, 0.3) is 11.1 Å². The van der Waals surface area contributed by atoms with Crippen LogP contribution in [0, 0.1) is 0 Å². The van der Waals surface area contributed by atoms with Crippen LogP contribution in [0.1, 0.15) is 37.6 Å². The SMILES string of the molecule is COC(=O)C(CC(=O)Nc1ccc(Br)cn1)NC(=O)c1ccc(-c2ccccc2S(=O)(=O)NC(C)(C)C)cc1. The van der Waals surface area contributed by atoms with E-state index in [2.05, 4.69) is 36.3 Å². The predicted octanol–water partition coefficient (Wildman–Crippen LogP) is 3.89. The Morgan fingerprint density at radius 2 is 1.67 bits per heavy atom. The van der Waals surface area contributed by atoms with Crippen molar-refractivity contribution < 1.29 is 27.5 Å². The van der Waals surface area contributed by atoms with Gasteiger partial charge in [0.25, 0.3) is 5.91 Å². The number of methoxy groups -OCH3 is 1. The number of carbonyl (C=O) groups excluding carboxylic acids is 3. The molecule has 0 bridgehead atoms. The van der Waals surface area contributed by atoms with E-state index in [-0.39, 0.29) is 22.7 Å². The first-order valence-electron chi connectivity index (χ1n) is 11.8. The normalized spacial score (nSPS) is 12.3. The molecule has 0 saturated heterocycles. The van der Waals surface area contributed by atoms with Gasteiger partial charge < -0.3 is 15.4 Å². The van der Waals surface area contributed by atoms with E-state index in [9.17, 15) is 22.8 Å². The lowest BCUT2D eigenvalue weighted by Crippen LogP contribution is -2.43. The molecule has 2 aromatic carbocycles. The summed E-state index contributed by atoms with van der Waals surface area (Å²) >= 11 is 3.26. The zero-order chi connectivity index (χ0) is 28.8. The first-order valence-corrected chi connectivity index (χ1v) is 14.1. The van der Waals surface area contributed by atoms with Crippen LogP contribution in [0.5, 0.6) is 0 Å². The molecule has 0 aliphatic rings. The van der Waals surface area contributed by atoms with Gasteiger partial charge in [0.1, 0.15) is 11.9 Å². The number of hydrogen-bond acceptors (Lipinski definition) is 7. The molecule has 10 nitrogen and oxygen atoms in total. The number of anilines is 1. The fourth-order valence-corrected chi connectivity index (χ4v) is 5.49. The Morgan fingerprint density at radius 3 is 2.26 bits per heavy atom. The van der Waals surface area contributed by atoms with Crippen LogP contribution in [-0.4, -0.2) is 49.9 Å². The molecule has 2 amide bonds. The van der Waals surface area contributed by atoms with E-state index in [1.54, 1.807) is 63.2 Å². The van der Waals surface area contributed by atoms with Crippen molar-refractivity contribution in [2.24, 2.45) is 0 Å². The lowest BCUT2D eigenvalue weighted by atomic mass is 10.0. The van der Waals surface area contributed by atoms with Gasteiger partial charge in [-0.1, -0.05) is 30.3 Å². The first kappa shape index (κ1) is 29.9. The predicted molar refractivity (Wildman–Crippen MR) is 150 cm³/mol. The van der Waals surface area contributed by atoms with Crippen molar-refractivity contribution in [3.05, 3.63) is 76.9 Å². The number of sulfonamides is 1. The summed E-state index contributed by atoms with van der Waals surface area (Å²) in [4.78, 5) is 41.8.